The van der Waals surface area contributed by atoms with Crippen LogP contribution < -0.4 is 11.1 Å². The fraction of sp³-hybridized carbons (Fsp3) is 0.250. The minimum Gasteiger partial charge on any atom is -0.376 e. The number of nitrogens with two attached hydrogens (primary N) is 1. The van der Waals surface area contributed by atoms with Crippen molar-refractivity contribution in [1.82, 2.24) is 5.32 Å². The molecule has 0 aliphatic rings. The molecule has 0 amide bonds. The van der Waals surface area contributed by atoms with E-state index in [1.54, 1.807) is 6.20 Å². The summed E-state index contributed by atoms with van der Waals surface area (Å²) in [5.74, 6) is 0. The first-order valence-electron chi connectivity index (χ1n) is 1.94. The largest absolute Gasteiger partial charge is 0.376 e. The second-order valence-corrected chi connectivity index (χ2v) is 1.45. The van der Waals surface area contributed by atoms with Crippen LogP contribution >= 0.6 is 25.7 Å². The molecule has 0 rings (SSSR count). The van der Waals surface area contributed by atoms with Gasteiger partial charge in [-0.15, -0.1) is 0 Å². The van der Waals surface area contributed by atoms with Gasteiger partial charge >= 0.3 is 0 Å². The topological polar surface area (TPSA) is 38.0 Å². The molecule has 48 valence electrons. The number of hydrogen-bond donors (Lipinski definition) is 2. The molecule has 0 unspecified atom stereocenters. The molecule has 0 radical (unpaired) electrons. The Bertz CT molecular complexity index is 90.0. The van der Waals surface area contributed by atoms with Crippen LogP contribution in [0.25, 0.3) is 0 Å². The van der Waals surface area contributed by atoms with E-state index in [-0.39, 0.29) is 13.5 Å². The second-order valence-electron chi connectivity index (χ2n) is 1.01. The van der Waals surface area contributed by atoms with Crippen LogP contribution in [-0.4, -0.2) is 5.11 Å². The molecule has 0 heterocycles. The molecule has 0 fully saturated rings. The van der Waals surface area contributed by atoms with E-state index in [1.807, 2.05) is 13.0 Å². The van der Waals surface area contributed by atoms with E-state index in [1.165, 1.54) is 0 Å². The lowest BCUT2D eigenvalue weighted by Crippen LogP contribution is -2.23. The Morgan fingerprint density at radius 2 is 2.25 bits per heavy atom. The van der Waals surface area contributed by atoms with Crippen molar-refractivity contribution in [2.24, 2.45) is 5.73 Å². The molecule has 0 saturated carbocycles. The molecule has 8 heavy (non-hydrogen) atoms. The zero-order chi connectivity index (χ0) is 5.70. The quantitative estimate of drug-likeness (QED) is 0.534. The van der Waals surface area contributed by atoms with Crippen LogP contribution in [0, 0.1) is 0 Å². The van der Waals surface area contributed by atoms with E-state index in [0.29, 0.717) is 5.11 Å². The van der Waals surface area contributed by atoms with Crippen LogP contribution in [0.15, 0.2) is 12.3 Å². The van der Waals surface area contributed by atoms with Crippen LogP contribution in [-0.2, 0) is 0 Å². The summed E-state index contributed by atoms with van der Waals surface area (Å²) in [6, 6.07) is 0. The van der Waals surface area contributed by atoms with Crippen molar-refractivity contribution in [2.75, 3.05) is 0 Å². The summed E-state index contributed by atoms with van der Waals surface area (Å²) in [5.41, 5.74) is 5.05. The molecular formula is C4H10N2S2. The minimum absolute atomic E-state index is 0. The SMILES string of the molecule is CC=CNC(N)=S.S. The van der Waals surface area contributed by atoms with Gasteiger partial charge in [-0.05, 0) is 25.3 Å². The Kier molecular flexibility index (Phi) is 9.07. The smallest absolute Gasteiger partial charge is 0.167 e. The van der Waals surface area contributed by atoms with Gasteiger partial charge in [0, 0.05) is 0 Å². The predicted molar refractivity (Wildman–Crippen MR) is 45.1 cm³/mol. The van der Waals surface area contributed by atoms with Gasteiger partial charge in [0.15, 0.2) is 5.11 Å². The van der Waals surface area contributed by atoms with Crippen molar-refractivity contribution < 1.29 is 0 Å². The monoisotopic (exact) mass is 150 g/mol. The zero-order valence-corrected chi connectivity index (χ0v) is 6.46. The van der Waals surface area contributed by atoms with Gasteiger partial charge in [0.1, 0.15) is 0 Å². The van der Waals surface area contributed by atoms with E-state index >= 15 is 0 Å². The molecule has 2 nitrogen and oxygen atoms in total. The average molecular weight is 150 g/mol. The van der Waals surface area contributed by atoms with Crippen molar-refractivity contribution in [3.8, 4) is 0 Å². The highest BCUT2D eigenvalue weighted by atomic mass is 32.1. The Labute approximate surface area is 61.6 Å². The molecule has 0 spiro atoms. The van der Waals surface area contributed by atoms with Gasteiger partial charge in [-0.1, -0.05) is 6.08 Å². The molecule has 0 aromatic heterocycles. The van der Waals surface area contributed by atoms with Crippen molar-refractivity contribution in [2.45, 2.75) is 6.92 Å². The summed E-state index contributed by atoms with van der Waals surface area (Å²) in [6.07, 6.45) is 3.50. The molecule has 0 aliphatic heterocycles. The molecular weight excluding hydrogens is 140 g/mol. The van der Waals surface area contributed by atoms with E-state index in [4.69, 9.17) is 5.73 Å². The first-order chi connectivity index (χ1) is 3.27. The fourth-order valence-electron chi connectivity index (χ4n) is 0.165. The maximum atomic E-state index is 5.05. The molecule has 0 bridgehead atoms. The van der Waals surface area contributed by atoms with Gasteiger partial charge < -0.3 is 11.1 Å². The third-order valence-corrected chi connectivity index (χ3v) is 0.510. The lowest BCUT2D eigenvalue weighted by molar-refractivity contribution is 1.27. The molecule has 0 aliphatic carbocycles. The standard InChI is InChI=1S/C4H8N2S.H2S/c1-2-3-6-4(5)7;/h2-3H,1H3,(H3,5,6,7);1H2. The first kappa shape index (κ1) is 10.7. The van der Waals surface area contributed by atoms with Gasteiger partial charge in [0.25, 0.3) is 0 Å². The Balaban J connectivity index is 0. The lowest BCUT2D eigenvalue weighted by atomic mass is 10.7. The summed E-state index contributed by atoms with van der Waals surface area (Å²) in [6.45, 7) is 1.88. The van der Waals surface area contributed by atoms with Crippen LogP contribution in [0.2, 0.25) is 0 Å². The molecule has 0 aromatic carbocycles. The Morgan fingerprint density at radius 3 is 2.38 bits per heavy atom. The first-order valence-corrected chi connectivity index (χ1v) is 2.35. The number of thiocarbonyl (C=S) groups is 1. The number of rotatable bonds is 1. The summed E-state index contributed by atoms with van der Waals surface area (Å²) in [4.78, 5) is 0. The van der Waals surface area contributed by atoms with Crippen molar-refractivity contribution in [3.63, 3.8) is 0 Å². The summed E-state index contributed by atoms with van der Waals surface area (Å²) in [5, 5.41) is 2.93. The summed E-state index contributed by atoms with van der Waals surface area (Å²) in [7, 11) is 0. The fourth-order valence-corrected chi connectivity index (χ4v) is 0.234. The van der Waals surface area contributed by atoms with Gasteiger partial charge in [-0.2, -0.15) is 13.5 Å². The number of allylic oxidation sites excluding steroid dienone is 1. The van der Waals surface area contributed by atoms with Gasteiger partial charge in [-0.25, -0.2) is 0 Å². The summed E-state index contributed by atoms with van der Waals surface area (Å²) >= 11 is 4.48. The van der Waals surface area contributed by atoms with E-state index in [0.717, 1.165) is 0 Å². The van der Waals surface area contributed by atoms with Gasteiger partial charge in [0.05, 0.1) is 0 Å². The number of nitrogens with one attached hydrogen (secondary N) is 1. The van der Waals surface area contributed by atoms with Crippen molar-refractivity contribution in [1.29, 1.82) is 0 Å². The highest BCUT2D eigenvalue weighted by Gasteiger charge is 1.71. The van der Waals surface area contributed by atoms with Crippen molar-refractivity contribution >= 4 is 30.8 Å². The van der Waals surface area contributed by atoms with Gasteiger partial charge in [0.2, 0.25) is 0 Å². The maximum absolute atomic E-state index is 5.05. The second kappa shape index (κ2) is 6.78. The van der Waals surface area contributed by atoms with Crippen molar-refractivity contribution in [3.05, 3.63) is 12.3 Å². The molecule has 0 aromatic rings. The van der Waals surface area contributed by atoms with Gasteiger partial charge in [-0.3, -0.25) is 0 Å². The van der Waals surface area contributed by atoms with E-state index < -0.39 is 0 Å². The molecule has 0 saturated heterocycles. The van der Waals surface area contributed by atoms with Crippen LogP contribution in [0.4, 0.5) is 0 Å². The Hall–Kier alpha value is -0.220. The normalized spacial score (nSPS) is 8.12. The van der Waals surface area contributed by atoms with E-state index in [2.05, 4.69) is 17.5 Å². The third kappa shape index (κ3) is 9.24. The highest BCUT2D eigenvalue weighted by molar-refractivity contribution is 7.80. The van der Waals surface area contributed by atoms with Crippen LogP contribution in [0.3, 0.4) is 0 Å². The summed E-state index contributed by atoms with van der Waals surface area (Å²) < 4.78 is 0. The van der Waals surface area contributed by atoms with Crippen LogP contribution in [0.5, 0.6) is 0 Å². The van der Waals surface area contributed by atoms with Crippen LogP contribution in [0.1, 0.15) is 6.92 Å². The average Bonchev–Trinajstić information content (AvgIpc) is 1.61. The Morgan fingerprint density at radius 1 is 1.75 bits per heavy atom. The minimum atomic E-state index is 0. The number of hydrogen-bond acceptors (Lipinski definition) is 1. The third-order valence-electron chi connectivity index (χ3n) is 0.392. The lowest BCUT2D eigenvalue weighted by Gasteiger charge is -1.89. The predicted octanol–water partition coefficient (Wildman–Crippen LogP) is 0.466. The molecule has 3 N–H and O–H groups in total. The zero-order valence-electron chi connectivity index (χ0n) is 4.64. The molecule has 0 atom stereocenters. The van der Waals surface area contributed by atoms with E-state index in [9.17, 15) is 0 Å². The maximum Gasteiger partial charge on any atom is 0.167 e. The highest BCUT2D eigenvalue weighted by Crippen LogP contribution is 1.60. The molecule has 4 heteroatoms.